The number of anilines is 1. The van der Waals surface area contributed by atoms with E-state index in [0.29, 0.717) is 44.8 Å². The van der Waals surface area contributed by atoms with E-state index in [2.05, 4.69) is 5.32 Å². The Balaban J connectivity index is 1.89. The number of likely N-dealkylation sites (N-methyl/N-ethyl adjacent to an activating group) is 1. The van der Waals surface area contributed by atoms with Gasteiger partial charge in [-0.1, -0.05) is 12.1 Å². The summed E-state index contributed by atoms with van der Waals surface area (Å²) >= 11 is 0. The minimum absolute atomic E-state index is 0.240. The summed E-state index contributed by atoms with van der Waals surface area (Å²) in [5.41, 5.74) is 6.40. The van der Waals surface area contributed by atoms with Crippen LogP contribution in [0.4, 0.5) is 10.5 Å². The Kier molecular flexibility index (Phi) is 5.17. The van der Waals surface area contributed by atoms with E-state index in [1.165, 1.54) is 4.90 Å². The second kappa shape index (κ2) is 6.89. The topological polar surface area (TPSA) is 87.8 Å². The average Bonchev–Trinajstić information content (AvgIpc) is 2.48. The van der Waals surface area contributed by atoms with E-state index < -0.39 is 5.60 Å². The van der Waals surface area contributed by atoms with E-state index in [1.54, 1.807) is 7.05 Å². The van der Waals surface area contributed by atoms with Crippen LogP contribution in [0.3, 0.4) is 0 Å². The van der Waals surface area contributed by atoms with Gasteiger partial charge in [0.1, 0.15) is 0 Å². The summed E-state index contributed by atoms with van der Waals surface area (Å²) in [5.74, 6) is 0. The largest absolute Gasteiger partial charge is 0.388 e. The molecular formula is C15H23N3O3. The van der Waals surface area contributed by atoms with Crippen LogP contribution >= 0.6 is 0 Å². The molecule has 2 amide bonds. The summed E-state index contributed by atoms with van der Waals surface area (Å²) in [5, 5.41) is 13.2. The molecule has 1 fully saturated rings. The fourth-order valence-electron chi connectivity index (χ4n) is 2.37. The van der Waals surface area contributed by atoms with E-state index >= 15 is 0 Å². The quantitative estimate of drug-likeness (QED) is 0.777. The highest BCUT2D eigenvalue weighted by molar-refractivity contribution is 5.89. The average molecular weight is 293 g/mol. The molecule has 6 nitrogen and oxygen atoms in total. The smallest absolute Gasteiger partial charge is 0.321 e. The fraction of sp³-hybridized carbons (Fsp3) is 0.533. The Hall–Kier alpha value is -1.63. The van der Waals surface area contributed by atoms with Crippen molar-refractivity contribution in [3.8, 4) is 0 Å². The molecule has 6 heteroatoms. The number of aliphatic hydroxyl groups is 1. The molecular weight excluding hydrogens is 270 g/mol. The number of carbonyl (C=O) groups is 1. The molecule has 116 valence electrons. The van der Waals surface area contributed by atoms with E-state index in [9.17, 15) is 9.90 Å². The third-order valence-corrected chi connectivity index (χ3v) is 3.74. The molecule has 21 heavy (non-hydrogen) atoms. The molecule has 0 aromatic heterocycles. The summed E-state index contributed by atoms with van der Waals surface area (Å²) < 4.78 is 5.24. The van der Waals surface area contributed by atoms with Crippen LogP contribution in [0.25, 0.3) is 0 Å². The molecule has 1 aliphatic rings. The molecule has 0 bridgehead atoms. The third kappa shape index (κ3) is 4.42. The summed E-state index contributed by atoms with van der Waals surface area (Å²) in [6.07, 6.45) is 1.10. The molecule has 4 N–H and O–H groups in total. The van der Waals surface area contributed by atoms with Gasteiger partial charge in [-0.05, 0) is 17.7 Å². The molecule has 1 aliphatic heterocycles. The van der Waals surface area contributed by atoms with Gasteiger partial charge in [0.2, 0.25) is 0 Å². The van der Waals surface area contributed by atoms with Gasteiger partial charge in [-0.25, -0.2) is 4.79 Å². The molecule has 0 atom stereocenters. The summed E-state index contributed by atoms with van der Waals surface area (Å²) in [6, 6.07) is 7.15. The first-order valence-electron chi connectivity index (χ1n) is 7.14. The standard InChI is InChI=1S/C15H23N3O3/c1-18(11-15(20)6-8-21-9-7-15)14(19)17-13-4-2-12(10-16)3-5-13/h2-5,20H,6-11,16H2,1H3,(H,17,19). The number of nitrogens with two attached hydrogens (primary N) is 1. The maximum Gasteiger partial charge on any atom is 0.321 e. The zero-order valence-corrected chi connectivity index (χ0v) is 12.3. The van der Waals surface area contributed by atoms with Crippen molar-refractivity contribution in [3.63, 3.8) is 0 Å². The molecule has 1 aromatic carbocycles. The Bertz CT molecular complexity index is 470. The summed E-state index contributed by atoms with van der Waals surface area (Å²) in [6.45, 7) is 1.84. The number of benzene rings is 1. The van der Waals surface area contributed by atoms with Gasteiger partial charge in [-0.3, -0.25) is 0 Å². The van der Waals surface area contributed by atoms with Crippen molar-refractivity contribution in [1.29, 1.82) is 0 Å². The third-order valence-electron chi connectivity index (χ3n) is 3.74. The monoisotopic (exact) mass is 293 g/mol. The number of nitrogens with one attached hydrogen (secondary N) is 1. The normalized spacial score (nSPS) is 17.3. The second-order valence-electron chi connectivity index (χ2n) is 5.52. The zero-order chi connectivity index (χ0) is 15.3. The number of hydrogen-bond acceptors (Lipinski definition) is 4. The Morgan fingerprint density at radius 3 is 2.57 bits per heavy atom. The molecule has 2 rings (SSSR count). The number of ether oxygens (including phenoxy) is 1. The molecule has 0 unspecified atom stereocenters. The number of rotatable bonds is 4. The molecule has 0 radical (unpaired) electrons. The van der Waals surface area contributed by atoms with Gasteiger partial charge >= 0.3 is 6.03 Å². The number of amides is 2. The van der Waals surface area contributed by atoms with Gasteiger partial charge in [0.15, 0.2) is 0 Å². The maximum atomic E-state index is 12.1. The first-order chi connectivity index (χ1) is 10.0. The van der Waals surface area contributed by atoms with Crippen molar-refractivity contribution in [2.24, 2.45) is 5.73 Å². The van der Waals surface area contributed by atoms with E-state index in [0.717, 1.165) is 5.56 Å². The van der Waals surface area contributed by atoms with Crippen LogP contribution in [0.2, 0.25) is 0 Å². The van der Waals surface area contributed by atoms with Crippen molar-refractivity contribution < 1.29 is 14.6 Å². The summed E-state index contributed by atoms with van der Waals surface area (Å²) in [4.78, 5) is 13.6. The minimum atomic E-state index is -0.853. The van der Waals surface area contributed by atoms with E-state index in [1.807, 2.05) is 24.3 Å². The van der Waals surface area contributed by atoms with Gasteiger partial charge in [-0.2, -0.15) is 0 Å². The molecule has 0 aliphatic carbocycles. The van der Waals surface area contributed by atoms with Crippen LogP contribution in [0.15, 0.2) is 24.3 Å². The van der Waals surface area contributed by atoms with E-state index in [-0.39, 0.29) is 6.03 Å². The number of nitrogens with zero attached hydrogens (tertiary/aromatic N) is 1. The SMILES string of the molecule is CN(CC1(O)CCOCC1)C(=O)Nc1ccc(CN)cc1. The van der Waals surface area contributed by atoms with Crippen LogP contribution in [-0.4, -0.2) is 48.4 Å². The second-order valence-corrected chi connectivity index (χ2v) is 5.52. The predicted octanol–water partition coefficient (Wildman–Crippen LogP) is 1.15. The van der Waals surface area contributed by atoms with Gasteiger partial charge in [-0.15, -0.1) is 0 Å². The lowest BCUT2D eigenvalue weighted by Gasteiger charge is -2.35. The van der Waals surface area contributed by atoms with Crippen LogP contribution < -0.4 is 11.1 Å². The van der Waals surface area contributed by atoms with Crippen molar-refractivity contribution >= 4 is 11.7 Å². The highest BCUT2D eigenvalue weighted by atomic mass is 16.5. The Labute approximate surface area is 124 Å². The van der Waals surface area contributed by atoms with Crippen LogP contribution in [0.5, 0.6) is 0 Å². The fourth-order valence-corrected chi connectivity index (χ4v) is 2.37. The lowest BCUT2D eigenvalue weighted by Crippen LogP contribution is -2.48. The van der Waals surface area contributed by atoms with Crippen molar-refractivity contribution in [1.82, 2.24) is 4.90 Å². The lowest BCUT2D eigenvalue weighted by atomic mass is 9.94. The van der Waals surface area contributed by atoms with Gasteiger partial charge in [0, 0.05) is 45.3 Å². The number of hydrogen-bond donors (Lipinski definition) is 3. The van der Waals surface area contributed by atoms with E-state index in [4.69, 9.17) is 10.5 Å². The first-order valence-corrected chi connectivity index (χ1v) is 7.14. The van der Waals surface area contributed by atoms with Gasteiger partial charge < -0.3 is 25.8 Å². The molecule has 0 spiro atoms. The van der Waals surface area contributed by atoms with Crippen LogP contribution in [0, 0.1) is 0 Å². The highest BCUT2D eigenvalue weighted by Crippen LogP contribution is 2.21. The lowest BCUT2D eigenvalue weighted by molar-refractivity contribution is -0.0717. The van der Waals surface area contributed by atoms with Crippen molar-refractivity contribution in [3.05, 3.63) is 29.8 Å². The van der Waals surface area contributed by atoms with Gasteiger partial charge in [0.25, 0.3) is 0 Å². The molecule has 1 saturated heterocycles. The molecule has 0 saturated carbocycles. The molecule has 1 aromatic rings. The highest BCUT2D eigenvalue weighted by Gasteiger charge is 2.32. The minimum Gasteiger partial charge on any atom is -0.388 e. The Morgan fingerprint density at radius 1 is 1.38 bits per heavy atom. The van der Waals surface area contributed by atoms with Crippen molar-refractivity contribution in [2.45, 2.75) is 25.0 Å². The number of urea groups is 1. The van der Waals surface area contributed by atoms with Crippen LogP contribution in [-0.2, 0) is 11.3 Å². The van der Waals surface area contributed by atoms with Gasteiger partial charge in [0.05, 0.1) is 12.1 Å². The van der Waals surface area contributed by atoms with Crippen LogP contribution in [0.1, 0.15) is 18.4 Å². The predicted molar refractivity (Wildman–Crippen MR) is 81.0 cm³/mol. The summed E-state index contributed by atoms with van der Waals surface area (Å²) in [7, 11) is 1.68. The zero-order valence-electron chi connectivity index (χ0n) is 12.3. The molecule has 1 heterocycles. The Morgan fingerprint density at radius 2 is 2.00 bits per heavy atom. The number of carbonyl (C=O) groups excluding carboxylic acids is 1. The first kappa shape index (κ1) is 15.8. The maximum absolute atomic E-state index is 12.1. The van der Waals surface area contributed by atoms with Crippen molar-refractivity contribution in [2.75, 3.05) is 32.1 Å².